The van der Waals surface area contributed by atoms with Crippen molar-refractivity contribution in [1.82, 2.24) is 10.2 Å². The molecule has 0 spiro atoms. The van der Waals surface area contributed by atoms with Crippen molar-refractivity contribution in [1.29, 1.82) is 0 Å². The molecule has 0 unspecified atom stereocenters. The van der Waals surface area contributed by atoms with Gasteiger partial charge in [-0.15, -0.1) is 11.3 Å². The van der Waals surface area contributed by atoms with Gasteiger partial charge in [0.2, 0.25) is 5.91 Å². The van der Waals surface area contributed by atoms with Crippen molar-refractivity contribution < 1.29 is 4.79 Å². The SMILES string of the molecule is O=C(CCc1cc(Br)cs1)N1CCC(NCC2CC2)CC1. The number of hydrogen-bond donors (Lipinski definition) is 1. The van der Waals surface area contributed by atoms with E-state index in [4.69, 9.17) is 0 Å². The minimum Gasteiger partial charge on any atom is -0.343 e. The maximum Gasteiger partial charge on any atom is 0.222 e. The maximum atomic E-state index is 12.3. The van der Waals surface area contributed by atoms with Gasteiger partial charge < -0.3 is 10.2 Å². The number of nitrogens with zero attached hydrogens (tertiary/aromatic N) is 1. The van der Waals surface area contributed by atoms with Gasteiger partial charge in [-0.2, -0.15) is 0 Å². The number of hydrogen-bond acceptors (Lipinski definition) is 3. The largest absolute Gasteiger partial charge is 0.343 e. The third-order valence-electron chi connectivity index (χ3n) is 4.45. The van der Waals surface area contributed by atoms with E-state index in [-0.39, 0.29) is 0 Å². The average Bonchev–Trinajstić information content (AvgIpc) is 3.24. The maximum absolute atomic E-state index is 12.3. The van der Waals surface area contributed by atoms with Crippen LogP contribution < -0.4 is 5.32 Å². The summed E-state index contributed by atoms with van der Waals surface area (Å²) < 4.78 is 1.12. The molecule has 0 radical (unpaired) electrons. The molecule has 1 aromatic heterocycles. The van der Waals surface area contributed by atoms with Crippen molar-refractivity contribution in [2.75, 3.05) is 19.6 Å². The minimum absolute atomic E-state index is 0.320. The van der Waals surface area contributed by atoms with E-state index in [1.807, 2.05) is 0 Å². The summed E-state index contributed by atoms with van der Waals surface area (Å²) in [6.45, 7) is 3.04. The molecule has 2 fully saturated rings. The van der Waals surface area contributed by atoms with E-state index in [0.717, 1.165) is 42.7 Å². The Bertz CT molecular complexity index is 478. The molecule has 1 aliphatic carbocycles. The van der Waals surface area contributed by atoms with Gasteiger partial charge in [0.15, 0.2) is 0 Å². The molecule has 5 heteroatoms. The van der Waals surface area contributed by atoms with E-state index in [9.17, 15) is 4.79 Å². The first kappa shape index (κ1) is 15.5. The number of aryl methyl sites for hydroxylation is 1. The fourth-order valence-electron chi connectivity index (χ4n) is 2.86. The summed E-state index contributed by atoms with van der Waals surface area (Å²) >= 11 is 5.19. The lowest BCUT2D eigenvalue weighted by atomic mass is 10.0. The Morgan fingerprint density at radius 1 is 1.33 bits per heavy atom. The van der Waals surface area contributed by atoms with Gasteiger partial charge in [0.25, 0.3) is 0 Å². The molecule has 116 valence electrons. The van der Waals surface area contributed by atoms with Crippen LogP contribution >= 0.6 is 27.3 Å². The average molecular weight is 371 g/mol. The summed E-state index contributed by atoms with van der Waals surface area (Å²) in [5.74, 6) is 1.26. The van der Waals surface area contributed by atoms with Gasteiger partial charge in [0, 0.05) is 40.3 Å². The molecule has 0 atom stereocenters. The zero-order valence-corrected chi connectivity index (χ0v) is 14.7. The van der Waals surface area contributed by atoms with Gasteiger partial charge in [-0.1, -0.05) is 0 Å². The zero-order valence-electron chi connectivity index (χ0n) is 12.3. The summed E-state index contributed by atoms with van der Waals surface area (Å²) in [5, 5.41) is 5.74. The first-order valence-electron chi connectivity index (χ1n) is 7.95. The fraction of sp³-hybridized carbons (Fsp3) is 0.688. The number of amides is 1. The number of likely N-dealkylation sites (tertiary alicyclic amines) is 1. The van der Waals surface area contributed by atoms with Gasteiger partial charge >= 0.3 is 0 Å². The van der Waals surface area contributed by atoms with Crippen molar-refractivity contribution in [3.05, 3.63) is 20.8 Å². The summed E-state index contributed by atoms with van der Waals surface area (Å²) in [4.78, 5) is 15.6. The Hall–Kier alpha value is -0.390. The molecule has 1 aliphatic heterocycles. The Balaban J connectivity index is 1.35. The van der Waals surface area contributed by atoms with Crippen LogP contribution in [0.4, 0.5) is 0 Å². The van der Waals surface area contributed by atoms with Crippen molar-refractivity contribution in [3.8, 4) is 0 Å². The quantitative estimate of drug-likeness (QED) is 0.831. The lowest BCUT2D eigenvalue weighted by Gasteiger charge is -2.32. The van der Waals surface area contributed by atoms with Crippen molar-refractivity contribution in [2.24, 2.45) is 5.92 Å². The summed E-state index contributed by atoms with van der Waals surface area (Å²) in [6, 6.07) is 2.74. The van der Waals surface area contributed by atoms with Crippen molar-refractivity contribution >= 4 is 33.2 Å². The normalized spacial score (nSPS) is 20.0. The summed E-state index contributed by atoms with van der Waals surface area (Å²) in [7, 11) is 0. The van der Waals surface area contributed by atoms with Crippen LogP contribution in [0, 0.1) is 5.92 Å². The molecule has 1 aromatic rings. The number of rotatable bonds is 6. The number of nitrogens with one attached hydrogen (secondary N) is 1. The second kappa shape index (κ2) is 7.25. The second-order valence-electron chi connectivity index (χ2n) is 6.24. The lowest BCUT2D eigenvalue weighted by molar-refractivity contribution is -0.132. The van der Waals surface area contributed by atoms with E-state index in [1.54, 1.807) is 11.3 Å². The molecule has 1 amide bonds. The van der Waals surface area contributed by atoms with Gasteiger partial charge in [0.1, 0.15) is 0 Å². The van der Waals surface area contributed by atoms with E-state index in [2.05, 4.69) is 37.6 Å². The number of carbonyl (C=O) groups is 1. The molecule has 1 N–H and O–H groups in total. The molecular formula is C16H23BrN2OS. The third-order valence-corrected chi connectivity index (χ3v) is 6.20. The van der Waals surface area contributed by atoms with Crippen molar-refractivity contribution in [2.45, 2.75) is 44.6 Å². The molecule has 21 heavy (non-hydrogen) atoms. The molecule has 2 heterocycles. The molecule has 0 bridgehead atoms. The van der Waals surface area contributed by atoms with Crippen molar-refractivity contribution in [3.63, 3.8) is 0 Å². The number of carbonyl (C=O) groups excluding carboxylic acids is 1. The highest BCUT2D eigenvalue weighted by atomic mass is 79.9. The highest BCUT2D eigenvalue weighted by Crippen LogP contribution is 2.28. The van der Waals surface area contributed by atoms with Crippen LogP contribution in [-0.2, 0) is 11.2 Å². The fourth-order valence-corrected chi connectivity index (χ4v) is 4.32. The zero-order chi connectivity index (χ0) is 14.7. The smallest absolute Gasteiger partial charge is 0.222 e. The van der Waals surface area contributed by atoms with Gasteiger partial charge in [-0.05, 0) is 66.6 Å². The van der Waals surface area contributed by atoms with Crippen LogP contribution in [0.25, 0.3) is 0 Å². The van der Waals surface area contributed by atoms with E-state index in [0.29, 0.717) is 18.4 Å². The standard InChI is InChI=1S/C16H23BrN2OS/c17-13-9-15(21-11-13)3-4-16(20)19-7-5-14(6-8-19)18-10-12-1-2-12/h9,11-12,14,18H,1-8,10H2. The number of piperidine rings is 1. The van der Waals surface area contributed by atoms with Crippen LogP contribution in [0.3, 0.4) is 0 Å². The predicted octanol–water partition coefficient (Wildman–Crippen LogP) is 3.43. The van der Waals surface area contributed by atoms with Gasteiger partial charge in [-0.3, -0.25) is 4.79 Å². The van der Waals surface area contributed by atoms with Crippen LogP contribution in [-0.4, -0.2) is 36.5 Å². The highest BCUT2D eigenvalue weighted by Gasteiger charge is 2.25. The first-order valence-corrected chi connectivity index (χ1v) is 9.62. The summed E-state index contributed by atoms with van der Waals surface area (Å²) in [5.41, 5.74) is 0. The van der Waals surface area contributed by atoms with E-state index >= 15 is 0 Å². The minimum atomic E-state index is 0.320. The van der Waals surface area contributed by atoms with Crippen LogP contribution in [0.15, 0.2) is 15.9 Å². The Labute approximate surface area is 139 Å². The Morgan fingerprint density at radius 3 is 2.71 bits per heavy atom. The molecule has 1 saturated carbocycles. The summed E-state index contributed by atoms with van der Waals surface area (Å²) in [6.07, 6.45) is 6.56. The monoisotopic (exact) mass is 370 g/mol. The number of thiophene rings is 1. The second-order valence-corrected chi connectivity index (χ2v) is 8.15. The predicted molar refractivity (Wildman–Crippen MR) is 90.7 cm³/mol. The topological polar surface area (TPSA) is 32.3 Å². The van der Waals surface area contributed by atoms with E-state index < -0.39 is 0 Å². The number of halogens is 1. The molecule has 1 saturated heterocycles. The molecule has 3 rings (SSSR count). The van der Waals surface area contributed by atoms with Crippen LogP contribution in [0.5, 0.6) is 0 Å². The first-order chi connectivity index (χ1) is 10.2. The van der Waals surface area contributed by atoms with Gasteiger partial charge in [0.05, 0.1) is 0 Å². The Morgan fingerprint density at radius 2 is 2.10 bits per heavy atom. The molecular weight excluding hydrogens is 348 g/mol. The third kappa shape index (κ3) is 4.80. The highest BCUT2D eigenvalue weighted by molar-refractivity contribution is 9.10. The van der Waals surface area contributed by atoms with E-state index in [1.165, 1.54) is 24.3 Å². The van der Waals surface area contributed by atoms with Crippen LogP contribution in [0.2, 0.25) is 0 Å². The molecule has 0 aromatic carbocycles. The Kier molecular flexibility index (Phi) is 5.35. The molecule has 2 aliphatic rings. The van der Waals surface area contributed by atoms with Gasteiger partial charge in [-0.25, -0.2) is 0 Å². The lowest BCUT2D eigenvalue weighted by Crippen LogP contribution is -2.45. The molecule has 3 nitrogen and oxygen atoms in total. The van der Waals surface area contributed by atoms with Crippen LogP contribution in [0.1, 0.15) is 37.0 Å².